The number of methoxy groups -OCH3 is 1. The number of carbonyl (C=O) groups excluding carboxylic acids is 1. The van der Waals surface area contributed by atoms with E-state index in [9.17, 15) is 4.79 Å². The molecule has 0 amide bonds. The molecule has 1 aromatic heterocycles. The molecule has 0 radical (unpaired) electrons. The van der Waals surface area contributed by atoms with Gasteiger partial charge in [-0.25, -0.2) is 9.78 Å². The Morgan fingerprint density at radius 1 is 1.56 bits per heavy atom. The second kappa shape index (κ2) is 5.69. The van der Waals surface area contributed by atoms with Crippen LogP contribution in [0.15, 0.2) is 28.9 Å². The first-order valence-corrected chi connectivity index (χ1v) is 6.85. The molecule has 2 aromatic rings. The van der Waals surface area contributed by atoms with Crippen LogP contribution < -0.4 is 5.32 Å². The van der Waals surface area contributed by atoms with Gasteiger partial charge in [0.05, 0.1) is 24.0 Å². The highest BCUT2D eigenvalue weighted by molar-refractivity contribution is 9.10. The van der Waals surface area contributed by atoms with Crippen LogP contribution in [0.1, 0.15) is 9.67 Å². The smallest absolute Gasteiger partial charge is 0.349 e. The van der Waals surface area contributed by atoms with E-state index in [0.717, 1.165) is 10.2 Å². The van der Waals surface area contributed by atoms with Crippen molar-refractivity contribution in [1.82, 2.24) is 4.98 Å². The molecule has 0 saturated carbocycles. The van der Waals surface area contributed by atoms with Gasteiger partial charge in [0.15, 0.2) is 5.13 Å². The average Bonchev–Trinajstić information content (AvgIpc) is 2.80. The molecular weight excluding hydrogens is 340 g/mol. The van der Waals surface area contributed by atoms with Crippen LogP contribution in [0.2, 0.25) is 5.02 Å². The van der Waals surface area contributed by atoms with Crippen molar-refractivity contribution in [3.8, 4) is 0 Å². The number of ether oxygens (including phenoxy) is 1. The highest BCUT2D eigenvalue weighted by Gasteiger charge is 2.11. The number of halogens is 2. The predicted octanol–water partition coefficient (Wildman–Crippen LogP) is 4.09. The van der Waals surface area contributed by atoms with Gasteiger partial charge in [-0.15, -0.1) is 0 Å². The fourth-order valence-corrected chi connectivity index (χ4v) is 2.70. The van der Waals surface area contributed by atoms with E-state index in [4.69, 9.17) is 11.6 Å². The number of thiazole rings is 1. The number of benzene rings is 1. The summed E-state index contributed by atoms with van der Waals surface area (Å²) in [6, 6.07) is 5.47. The van der Waals surface area contributed by atoms with Gasteiger partial charge in [0.1, 0.15) is 4.88 Å². The van der Waals surface area contributed by atoms with E-state index in [0.29, 0.717) is 15.0 Å². The van der Waals surface area contributed by atoms with E-state index in [1.165, 1.54) is 24.6 Å². The fourth-order valence-electron chi connectivity index (χ4n) is 1.23. The molecule has 94 valence electrons. The maximum absolute atomic E-state index is 11.3. The molecule has 1 aromatic carbocycles. The molecule has 1 N–H and O–H groups in total. The highest BCUT2D eigenvalue weighted by Crippen LogP contribution is 2.30. The Morgan fingerprint density at radius 2 is 2.33 bits per heavy atom. The predicted molar refractivity (Wildman–Crippen MR) is 75.9 cm³/mol. The SMILES string of the molecule is COC(=O)c1cnc(Nc2ccc(Br)cc2Cl)s1. The van der Waals surface area contributed by atoms with Crippen molar-refractivity contribution in [2.24, 2.45) is 0 Å². The number of carbonyl (C=O) groups is 1. The van der Waals surface area contributed by atoms with Crippen LogP contribution >= 0.6 is 38.9 Å². The van der Waals surface area contributed by atoms with Crippen LogP contribution in [0, 0.1) is 0 Å². The van der Waals surface area contributed by atoms with E-state index in [1.807, 2.05) is 12.1 Å². The van der Waals surface area contributed by atoms with Crippen molar-refractivity contribution < 1.29 is 9.53 Å². The molecule has 1 heterocycles. The second-order valence-electron chi connectivity index (χ2n) is 3.27. The van der Waals surface area contributed by atoms with Gasteiger partial charge in [-0.3, -0.25) is 0 Å². The zero-order valence-corrected chi connectivity index (χ0v) is 12.4. The van der Waals surface area contributed by atoms with Gasteiger partial charge in [0.2, 0.25) is 0 Å². The monoisotopic (exact) mass is 346 g/mol. The molecule has 18 heavy (non-hydrogen) atoms. The molecule has 0 spiro atoms. The summed E-state index contributed by atoms with van der Waals surface area (Å²) in [6.45, 7) is 0. The standard InChI is InChI=1S/C11H8BrClN2O2S/c1-17-10(16)9-5-14-11(18-9)15-8-3-2-6(12)4-7(8)13/h2-5H,1H3,(H,14,15). The van der Waals surface area contributed by atoms with Crippen molar-refractivity contribution in [2.45, 2.75) is 0 Å². The fraction of sp³-hybridized carbons (Fsp3) is 0.0909. The van der Waals surface area contributed by atoms with Crippen molar-refractivity contribution in [3.05, 3.63) is 38.8 Å². The molecule has 0 aliphatic heterocycles. The minimum Gasteiger partial charge on any atom is -0.465 e. The molecule has 7 heteroatoms. The summed E-state index contributed by atoms with van der Waals surface area (Å²) in [5.41, 5.74) is 0.727. The number of aromatic nitrogens is 1. The van der Waals surface area contributed by atoms with Gasteiger partial charge in [0, 0.05) is 4.47 Å². The first-order valence-electron chi connectivity index (χ1n) is 4.86. The molecular formula is C11H8BrClN2O2S. The Hall–Kier alpha value is -1.11. The zero-order valence-electron chi connectivity index (χ0n) is 9.24. The van der Waals surface area contributed by atoms with Gasteiger partial charge in [0.25, 0.3) is 0 Å². The number of esters is 1. The van der Waals surface area contributed by atoms with Crippen LogP contribution in [-0.2, 0) is 4.74 Å². The van der Waals surface area contributed by atoms with E-state index >= 15 is 0 Å². The number of anilines is 2. The lowest BCUT2D eigenvalue weighted by atomic mass is 10.3. The molecule has 0 atom stereocenters. The molecule has 2 rings (SSSR count). The van der Waals surface area contributed by atoms with Gasteiger partial charge >= 0.3 is 5.97 Å². The van der Waals surface area contributed by atoms with Crippen LogP contribution in [0.4, 0.5) is 10.8 Å². The lowest BCUT2D eigenvalue weighted by Crippen LogP contribution is -1.96. The zero-order chi connectivity index (χ0) is 13.1. The van der Waals surface area contributed by atoms with Crippen molar-refractivity contribution in [1.29, 1.82) is 0 Å². The van der Waals surface area contributed by atoms with E-state index in [2.05, 4.69) is 31.0 Å². The molecule has 0 aliphatic rings. The second-order valence-corrected chi connectivity index (χ2v) is 5.62. The van der Waals surface area contributed by atoms with Crippen LogP contribution in [0.3, 0.4) is 0 Å². The average molecular weight is 348 g/mol. The van der Waals surface area contributed by atoms with Crippen molar-refractivity contribution in [2.75, 3.05) is 12.4 Å². The molecule has 0 fully saturated rings. The van der Waals surface area contributed by atoms with E-state index in [1.54, 1.807) is 6.07 Å². The number of nitrogens with one attached hydrogen (secondary N) is 1. The molecule has 0 aliphatic carbocycles. The Balaban J connectivity index is 2.18. The summed E-state index contributed by atoms with van der Waals surface area (Å²) in [5.74, 6) is -0.401. The van der Waals surface area contributed by atoms with Crippen molar-refractivity contribution in [3.63, 3.8) is 0 Å². The lowest BCUT2D eigenvalue weighted by Gasteiger charge is -2.04. The van der Waals surface area contributed by atoms with Crippen molar-refractivity contribution >= 4 is 55.7 Å². The molecule has 0 unspecified atom stereocenters. The molecule has 4 nitrogen and oxygen atoms in total. The third kappa shape index (κ3) is 3.01. The maximum atomic E-state index is 11.3. The number of rotatable bonds is 3. The highest BCUT2D eigenvalue weighted by atomic mass is 79.9. The normalized spacial score (nSPS) is 10.2. The van der Waals surface area contributed by atoms with Crippen LogP contribution in [-0.4, -0.2) is 18.1 Å². The van der Waals surface area contributed by atoms with E-state index in [-0.39, 0.29) is 0 Å². The Labute approximate surface area is 121 Å². The molecule has 0 bridgehead atoms. The van der Waals surface area contributed by atoms with E-state index < -0.39 is 5.97 Å². The summed E-state index contributed by atoms with van der Waals surface area (Å²) in [6.07, 6.45) is 1.46. The summed E-state index contributed by atoms with van der Waals surface area (Å²) in [5, 5.41) is 4.20. The summed E-state index contributed by atoms with van der Waals surface area (Å²) in [4.78, 5) is 15.8. The topological polar surface area (TPSA) is 51.2 Å². The third-order valence-corrected chi connectivity index (χ3v) is 3.76. The van der Waals surface area contributed by atoms with Gasteiger partial charge in [-0.2, -0.15) is 0 Å². The summed E-state index contributed by atoms with van der Waals surface area (Å²) in [7, 11) is 1.33. The van der Waals surface area contributed by atoms with Crippen LogP contribution in [0.25, 0.3) is 0 Å². The quantitative estimate of drug-likeness (QED) is 0.850. The summed E-state index contributed by atoms with van der Waals surface area (Å²) < 4.78 is 5.51. The maximum Gasteiger partial charge on any atom is 0.349 e. The van der Waals surface area contributed by atoms with Gasteiger partial charge in [-0.05, 0) is 18.2 Å². The third-order valence-electron chi connectivity index (χ3n) is 2.07. The lowest BCUT2D eigenvalue weighted by molar-refractivity contribution is 0.0606. The summed E-state index contributed by atoms with van der Waals surface area (Å²) >= 11 is 10.6. The number of hydrogen-bond acceptors (Lipinski definition) is 5. The first kappa shape index (κ1) is 13.3. The number of nitrogens with zero attached hydrogens (tertiary/aromatic N) is 1. The van der Waals surface area contributed by atoms with Crippen LogP contribution in [0.5, 0.6) is 0 Å². The Bertz CT molecular complexity index is 588. The minimum absolute atomic E-state index is 0.401. The first-order chi connectivity index (χ1) is 8.60. The number of hydrogen-bond donors (Lipinski definition) is 1. The Morgan fingerprint density at radius 3 is 3.00 bits per heavy atom. The minimum atomic E-state index is -0.401. The largest absolute Gasteiger partial charge is 0.465 e. The van der Waals surface area contributed by atoms with Gasteiger partial charge < -0.3 is 10.1 Å². The van der Waals surface area contributed by atoms with Gasteiger partial charge in [-0.1, -0.05) is 38.9 Å². The Kier molecular flexibility index (Phi) is 4.21. The molecule has 0 saturated heterocycles.